The number of urea groups is 1. The molecule has 0 aromatic carbocycles. The van der Waals surface area contributed by atoms with E-state index in [9.17, 15) is 14.4 Å². The molecule has 0 aliphatic carbocycles. The first-order chi connectivity index (χ1) is 9.47. The van der Waals surface area contributed by atoms with Crippen LogP contribution in [0.25, 0.3) is 0 Å². The van der Waals surface area contributed by atoms with Gasteiger partial charge in [0.1, 0.15) is 6.04 Å². The Morgan fingerprint density at radius 3 is 2.40 bits per heavy atom. The smallest absolute Gasteiger partial charge is 0.326 e. The quantitative estimate of drug-likeness (QED) is 0.369. The summed E-state index contributed by atoms with van der Waals surface area (Å²) < 4.78 is 9.94. The summed E-state index contributed by atoms with van der Waals surface area (Å²) in [5.41, 5.74) is 0. The summed E-state index contributed by atoms with van der Waals surface area (Å²) in [6.07, 6.45) is -0.128. The van der Waals surface area contributed by atoms with Gasteiger partial charge in [0.25, 0.3) is 0 Å². The van der Waals surface area contributed by atoms with Crippen LogP contribution in [-0.4, -0.2) is 67.7 Å². The lowest BCUT2D eigenvalue weighted by Crippen LogP contribution is -2.47. The Morgan fingerprint density at radius 2 is 1.85 bits per heavy atom. The van der Waals surface area contributed by atoms with Crippen molar-refractivity contribution in [2.75, 3.05) is 33.5 Å². The van der Waals surface area contributed by atoms with Crippen molar-refractivity contribution < 1.29 is 34.1 Å². The number of rotatable bonds is 11. The summed E-state index contributed by atoms with van der Waals surface area (Å²) in [6.45, 7) is 1.67. The maximum Gasteiger partial charge on any atom is 0.326 e. The molecule has 0 aliphatic rings. The predicted molar refractivity (Wildman–Crippen MR) is 67.5 cm³/mol. The molecule has 1 unspecified atom stereocenters. The molecule has 0 spiro atoms. The summed E-state index contributed by atoms with van der Waals surface area (Å²) in [6, 6.07) is -2.18. The molecule has 0 aromatic heterocycles. The topological polar surface area (TPSA) is 134 Å². The van der Waals surface area contributed by atoms with Crippen molar-refractivity contribution in [2.24, 2.45) is 0 Å². The molecule has 0 aliphatic heterocycles. The van der Waals surface area contributed by atoms with Gasteiger partial charge in [-0.15, -0.1) is 0 Å². The maximum absolute atomic E-state index is 11.3. The summed E-state index contributed by atoms with van der Waals surface area (Å²) in [4.78, 5) is 32.5. The Hall–Kier alpha value is -1.87. The molecule has 0 aromatic rings. The van der Waals surface area contributed by atoms with E-state index < -0.39 is 30.4 Å². The van der Waals surface area contributed by atoms with Crippen LogP contribution < -0.4 is 10.6 Å². The van der Waals surface area contributed by atoms with Crippen molar-refractivity contribution in [1.82, 2.24) is 10.6 Å². The van der Waals surface area contributed by atoms with Crippen LogP contribution >= 0.6 is 0 Å². The van der Waals surface area contributed by atoms with Crippen molar-refractivity contribution in [1.29, 1.82) is 0 Å². The first kappa shape index (κ1) is 18.1. The second kappa shape index (κ2) is 11.0. The van der Waals surface area contributed by atoms with E-state index in [0.29, 0.717) is 26.2 Å². The highest BCUT2D eigenvalue weighted by Gasteiger charge is 2.22. The average Bonchev–Trinajstić information content (AvgIpc) is 2.36. The number of carboxylic acid groups (broad SMARTS) is 2. The number of amides is 2. The van der Waals surface area contributed by atoms with Gasteiger partial charge in [0.05, 0.1) is 19.6 Å². The standard InChI is InChI=1S/C11H20N2O7/c1-19-5-6-20-4-2-3-12-11(18)13-8(10(16)17)7-9(14)15/h8H,2-7H2,1H3,(H,14,15)(H,16,17)(H2,12,13,18). The molecule has 0 rings (SSSR count). The molecule has 4 N–H and O–H groups in total. The molecule has 116 valence electrons. The molecule has 0 saturated heterocycles. The Balaban J connectivity index is 3.75. The normalized spacial score (nSPS) is 11.7. The third kappa shape index (κ3) is 10.1. The number of nitrogens with one attached hydrogen (secondary N) is 2. The third-order valence-corrected chi connectivity index (χ3v) is 2.16. The van der Waals surface area contributed by atoms with Crippen molar-refractivity contribution in [3.8, 4) is 0 Å². The zero-order chi connectivity index (χ0) is 15.4. The van der Waals surface area contributed by atoms with Crippen LogP contribution in [0.2, 0.25) is 0 Å². The van der Waals surface area contributed by atoms with E-state index in [1.807, 2.05) is 0 Å². The van der Waals surface area contributed by atoms with E-state index in [2.05, 4.69) is 10.6 Å². The average molecular weight is 292 g/mol. The molecule has 9 heteroatoms. The van der Waals surface area contributed by atoms with Crippen LogP contribution in [0.4, 0.5) is 4.79 Å². The first-order valence-corrected chi connectivity index (χ1v) is 6.03. The van der Waals surface area contributed by atoms with Crippen molar-refractivity contribution in [3.63, 3.8) is 0 Å². The van der Waals surface area contributed by atoms with Crippen LogP contribution in [0.1, 0.15) is 12.8 Å². The lowest BCUT2D eigenvalue weighted by molar-refractivity contribution is -0.145. The molecule has 0 fully saturated rings. The van der Waals surface area contributed by atoms with Gasteiger partial charge < -0.3 is 30.3 Å². The molecule has 0 radical (unpaired) electrons. The largest absolute Gasteiger partial charge is 0.481 e. The minimum atomic E-state index is -1.45. The zero-order valence-corrected chi connectivity index (χ0v) is 11.3. The van der Waals surface area contributed by atoms with Gasteiger partial charge in [-0.1, -0.05) is 0 Å². The van der Waals surface area contributed by atoms with E-state index >= 15 is 0 Å². The summed E-state index contributed by atoms with van der Waals surface area (Å²) in [5.74, 6) is -2.70. The van der Waals surface area contributed by atoms with Gasteiger partial charge in [0, 0.05) is 20.3 Å². The van der Waals surface area contributed by atoms with Crippen LogP contribution in [0.3, 0.4) is 0 Å². The number of ether oxygens (including phenoxy) is 2. The molecule has 9 nitrogen and oxygen atoms in total. The molecular weight excluding hydrogens is 272 g/mol. The fourth-order valence-electron chi connectivity index (χ4n) is 1.20. The molecule has 1 atom stereocenters. The molecular formula is C11H20N2O7. The van der Waals surface area contributed by atoms with Gasteiger partial charge in [-0.3, -0.25) is 4.79 Å². The van der Waals surface area contributed by atoms with Crippen LogP contribution in [0, 0.1) is 0 Å². The monoisotopic (exact) mass is 292 g/mol. The van der Waals surface area contributed by atoms with E-state index in [4.69, 9.17) is 19.7 Å². The highest BCUT2D eigenvalue weighted by atomic mass is 16.5. The van der Waals surface area contributed by atoms with Crippen molar-refractivity contribution >= 4 is 18.0 Å². The fraction of sp³-hybridized carbons (Fsp3) is 0.727. The Labute approximate surface area is 116 Å². The number of carboxylic acids is 2. The number of hydrogen-bond acceptors (Lipinski definition) is 5. The maximum atomic E-state index is 11.3. The van der Waals surface area contributed by atoms with Crippen molar-refractivity contribution in [3.05, 3.63) is 0 Å². The van der Waals surface area contributed by atoms with Crippen LogP contribution in [-0.2, 0) is 19.1 Å². The number of hydrogen-bond donors (Lipinski definition) is 4. The van der Waals surface area contributed by atoms with Crippen molar-refractivity contribution in [2.45, 2.75) is 18.9 Å². The summed E-state index contributed by atoms with van der Waals surface area (Å²) in [5, 5.41) is 21.7. The first-order valence-electron chi connectivity index (χ1n) is 6.03. The van der Waals surface area contributed by atoms with E-state index in [-0.39, 0.29) is 6.54 Å². The molecule has 2 amide bonds. The molecule has 20 heavy (non-hydrogen) atoms. The summed E-state index contributed by atoms with van der Waals surface area (Å²) >= 11 is 0. The van der Waals surface area contributed by atoms with E-state index in [0.717, 1.165) is 0 Å². The van der Waals surface area contributed by atoms with Gasteiger partial charge in [-0.2, -0.15) is 0 Å². The Bertz CT molecular complexity index is 322. The number of carbonyl (C=O) groups excluding carboxylic acids is 1. The molecule has 0 bridgehead atoms. The van der Waals surface area contributed by atoms with Gasteiger partial charge in [0.2, 0.25) is 0 Å². The van der Waals surface area contributed by atoms with Gasteiger partial charge >= 0.3 is 18.0 Å². The number of methoxy groups -OCH3 is 1. The zero-order valence-electron chi connectivity index (χ0n) is 11.3. The highest BCUT2D eigenvalue weighted by Crippen LogP contribution is 1.92. The lowest BCUT2D eigenvalue weighted by Gasteiger charge is -2.13. The van der Waals surface area contributed by atoms with Crippen LogP contribution in [0.15, 0.2) is 0 Å². The van der Waals surface area contributed by atoms with Gasteiger partial charge in [-0.25, -0.2) is 9.59 Å². The molecule has 0 saturated carbocycles. The second-order valence-corrected chi connectivity index (χ2v) is 3.85. The minimum absolute atomic E-state index is 0.290. The highest BCUT2D eigenvalue weighted by molar-refractivity contribution is 5.86. The van der Waals surface area contributed by atoms with Gasteiger partial charge in [-0.05, 0) is 6.42 Å². The molecule has 0 heterocycles. The number of carbonyl (C=O) groups is 3. The number of aliphatic carboxylic acids is 2. The SMILES string of the molecule is COCCOCCCNC(=O)NC(CC(=O)O)C(=O)O. The van der Waals surface area contributed by atoms with E-state index in [1.54, 1.807) is 7.11 Å². The van der Waals surface area contributed by atoms with Gasteiger partial charge in [0.15, 0.2) is 0 Å². The fourth-order valence-corrected chi connectivity index (χ4v) is 1.20. The predicted octanol–water partition coefficient (Wildman–Crippen LogP) is -0.733. The lowest BCUT2D eigenvalue weighted by atomic mass is 10.2. The van der Waals surface area contributed by atoms with Crippen LogP contribution in [0.5, 0.6) is 0 Å². The Morgan fingerprint density at radius 1 is 1.15 bits per heavy atom. The van der Waals surface area contributed by atoms with E-state index in [1.165, 1.54) is 0 Å². The second-order valence-electron chi connectivity index (χ2n) is 3.85. The minimum Gasteiger partial charge on any atom is -0.481 e. The summed E-state index contributed by atoms with van der Waals surface area (Å²) in [7, 11) is 1.56. The Kier molecular flexibility index (Phi) is 9.97. The third-order valence-electron chi connectivity index (χ3n) is 2.16.